The van der Waals surface area contributed by atoms with E-state index in [2.05, 4.69) is 12.3 Å². The number of amides is 2. The van der Waals surface area contributed by atoms with E-state index in [1.165, 1.54) is 0 Å². The summed E-state index contributed by atoms with van der Waals surface area (Å²) in [5.41, 5.74) is 8.35. The Morgan fingerprint density at radius 1 is 1.29 bits per heavy atom. The average molecular weight is 292 g/mol. The molecule has 0 bridgehead atoms. The number of nitrogens with two attached hydrogens (primary N) is 2. The summed E-state index contributed by atoms with van der Waals surface area (Å²) in [5, 5.41) is 0. The molecular weight excluding hydrogens is 268 g/mol. The Hall–Kier alpha value is -1.92. The van der Waals surface area contributed by atoms with Crippen LogP contribution in [0, 0.1) is 0 Å². The highest BCUT2D eigenvalue weighted by atomic mass is 16.2. The third-order valence-corrected chi connectivity index (χ3v) is 3.31. The van der Waals surface area contributed by atoms with E-state index < -0.39 is 11.8 Å². The molecule has 0 heterocycles. The lowest BCUT2D eigenvalue weighted by molar-refractivity contribution is -0.124. The van der Waals surface area contributed by atoms with Crippen LogP contribution in [0.2, 0.25) is 0 Å². The second-order valence-corrected chi connectivity index (χ2v) is 5.03. The van der Waals surface area contributed by atoms with Gasteiger partial charge in [0.15, 0.2) is 0 Å². The lowest BCUT2D eigenvalue weighted by atomic mass is 9.97. The Bertz CT molecular complexity index is 450. The maximum Gasteiger partial charge on any atom is 0.242 e. The van der Waals surface area contributed by atoms with Crippen LogP contribution in [-0.4, -0.2) is 36.3 Å². The molecule has 6 nitrogen and oxygen atoms in total. The lowest BCUT2D eigenvalue weighted by Crippen LogP contribution is -2.43. The van der Waals surface area contributed by atoms with Crippen molar-refractivity contribution in [2.24, 2.45) is 11.6 Å². The van der Waals surface area contributed by atoms with E-state index in [1.54, 1.807) is 0 Å². The highest BCUT2D eigenvalue weighted by Crippen LogP contribution is 2.17. The van der Waals surface area contributed by atoms with Crippen LogP contribution in [0.25, 0.3) is 0 Å². The van der Waals surface area contributed by atoms with Crippen molar-refractivity contribution in [3.8, 4) is 0 Å². The van der Waals surface area contributed by atoms with Crippen molar-refractivity contribution in [2.45, 2.75) is 25.7 Å². The molecule has 1 aromatic rings. The molecule has 2 amide bonds. The van der Waals surface area contributed by atoms with Gasteiger partial charge < -0.3 is 5.73 Å². The molecule has 1 rings (SSSR count). The summed E-state index contributed by atoms with van der Waals surface area (Å²) < 4.78 is 0. The normalized spacial score (nSPS) is 12.1. The molecule has 0 saturated heterocycles. The molecule has 1 aromatic carbocycles. The second-order valence-electron chi connectivity index (χ2n) is 5.03. The Labute approximate surface area is 125 Å². The van der Waals surface area contributed by atoms with E-state index in [0.717, 1.165) is 24.9 Å². The quantitative estimate of drug-likeness (QED) is 0.347. The van der Waals surface area contributed by atoms with Gasteiger partial charge in [-0.25, -0.2) is 5.84 Å². The highest BCUT2D eigenvalue weighted by molar-refractivity contribution is 5.83. The summed E-state index contributed by atoms with van der Waals surface area (Å²) in [7, 11) is 0. The van der Waals surface area contributed by atoms with Gasteiger partial charge in [0.2, 0.25) is 11.8 Å². The largest absolute Gasteiger partial charge is 0.369 e. The molecule has 116 valence electrons. The Balaban J connectivity index is 2.86. The number of hydrogen-bond donors (Lipinski definition) is 3. The minimum Gasteiger partial charge on any atom is -0.369 e. The first-order valence-electron chi connectivity index (χ1n) is 7.14. The molecule has 0 aromatic heterocycles. The molecule has 0 radical (unpaired) electrons. The maximum atomic E-state index is 12.0. The zero-order valence-electron chi connectivity index (χ0n) is 12.4. The first kappa shape index (κ1) is 17.1. The zero-order chi connectivity index (χ0) is 15.7. The summed E-state index contributed by atoms with van der Waals surface area (Å²) in [4.78, 5) is 25.1. The summed E-state index contributed by atoms with van der Waals surface area (Å²) in [6.45, 7) is 3.35. The maximum absolute atomic E-state index is 12.0. The van der Waals surface area contributed by atoms with Crippen molar-refractivity contribution < 1.29 is 9.59 Å². The first-order valence-corrected chi connectivity index (χ1v) is 7.14. The minimum atomic E-state index is -0.424. The standard InChI is InChI=1S/C15H24N4O2/c1-2-3-9-19(11-14(16)20)10-13(15(21)18-17)12-7-5-4-6-8-12/h4-8,13H,2-3,9-11,17H2,1H3,(H2,16,20)(H,18,21). The average Bonchev–Trinajstić information content (AvgIpc) is 2.49. The smallest absolute Gasteiger partial charge is 0.242 e. The summed E-state index contributed by atoms with van der Waals surface area (Å²) >= 11 is 0. The van der Waals surface area contributed by atoms with Crippen molar-refractivity contribution >= 4 is 11.8 Å². The summed E-state index contributed by atoms with van der Waals surface area (Å²) in [6, 6.07) is 9.39. The second kappa shape index (κ2) is 9.10. The zero-order valence-corrected chi connectivity index (χ0v) is 12.4. The van der Waals surface area contributed by atoms with Crippen molar-refractivity contribution in [3.63, 3.8) is 0 Å². The van der Waals surface area contributed by atoms with E-state index in [4.69, 9.17) is 11.6 Å². The van der Waals surface area contributed by atoms with Gasteiger partial charge in [0.1, 0.15) is 0 Å². The predicted molar refractivity (Wildman–Crippen MR) is 82.1 cm³/mol. The third kappa shape index (κ3) is 5.93. The number of unbranched alkanes of at least 4 members (excludes halogenated alkanes) is 1. The van der Waals surface area contributed by atoms with Crippen LogP contribution in [0.15, 0.2) is 30.3 Å². The van der Waals surface area contributed by atoms with Crippen LogP contribution in [0.5, 0.6) is 0 Å². The fourth-order valence-corrected chi connectivity index (χ4v) is 2.22. The van der Waals surface area contributed by atoms with Crippen LogP contribution >= 0.6 is 0 Å². The minimum absolute atomic E-state index is 0.140. The topological polar surface area (TPSA) is 101 Å². The van der Waals surface area contributed by atoms with Crippen LogP contribution in [-0.2, 0) is 9.59 Å². The number of hydrazine groups is 1. The number of benzene rings is 1. The molecule has 0 aliphatic heterocycles. The van der Waals surface area contributed by atoms with E-state index in [-0.39, 0.29) is 12.5 Å². The van der Waals surface area contributed by atoms with E-state index in [0.29, 0.717) is 6.54 Å². The van der Waals surface area contributed by atoms with Crippen LogP contribution < -0.4 is 17.0 Å². The Morgan fingerprint density at radius 2 is 1.95 bits per heavy atom. The monoisotopic (exact) mass is 292 g/mol. The van der Waals surface area contributed by atoms with Gasteiger partial charge in [-0.2, -0.15) is 0 Å². The van der Waals surface area contributed by atoms with Gasteiger partial charge >= 0.3 is 0 Å². The number of primary amides is 1. The van der Waals surface area contributed by atoms with Crippen LogP contribution in [0.3, 0.4) is 0 Å². The van der Waals surface area contributed by atoms with Crippen LogP contribution in [0.1, 0.15) is 31.2 Å². The number of rotatable bonds is 9. The molecule has 21 heavy (non-hydrogen) atoms. The summed E-state index contributed by atoms with van der Waals surface area (Å²) in [5.74, 6) is 4.19. The Morgan fingerprint density at radius 3 is 2.48 bits per heavy atom. The van der Waals surface area contributed by atoms with E-state index in [9.17, 15) is 9.59 Å². The molecule has 0 saturated carbocycles. The van der Waals surface area contributed by atoms with Crippen molar-refractivity contribution in [3.05, 3.63) is 35.9 Å². The molecule has 6 heteroatoms. The number of nitrogens with one attached hydrogen (secondary N) is 1. The number of hydrogen-bond acceptors (Lipinski definition) is 4. The van der Waals surface area contributed by atoms with Gasteiger partial charge in [0.25, 0.3) is 0 Å². The molecule has 1 atom stereocenters. The molecule has 1 unspecified atom stereocenters. The first-order chi connectivity index (χ1) is 10.1. The number of carbonyl (C=O) groups is 2. The highest BCUT2D eigenvalue weighted by Gasteiger charge is 2.23. The molecular formula is C15H24N4O2. The summed E-state index contributed by atoms with van der Waals surface area (Å²) in [6.07, 6.45) is 1.95. The third-order valence-electron chi connectivity index (χ3n) is 3.31. The number of carbonyl (C=O) groups excluding carboxylic acids is 2. The SMILES string of the molecule is CCCCN(CC(N)=O)CC(C(=O)NN)c1ccccc1. The molecule has 0 spiro atoms. The molecule has 0 aliphatic carbocycles. The van der Waals surface area contributed by atoms with Gasteiger partial charge in [0.05, 0.1) is 12.5 Å². The van der Waals surface area contributed by atoms with E-state index in [1.807, 2.05) is 35.2 Å². The fourth-order valence-electron chi connectivity index (χ4n) is 2.22. The van der Waals surface area contributed by atoms with Gasteiger partial charge in [-0.3, -0.25) is 19.9 Å². The molecule has 5 N–H and O–H groups in total. The Kier molecular flexibility index (Phi) is 7.42. The van der Waals surface area contributed by atoms with Gasteiger partial charge in [-0.15, -0.1) is 0 Å². The van der Waals surface area contributed by atoms with Gasteiger partial charge in [-0.1, -0.05) is 43.7 Å². The number of nitrogens with zero attached hydrogens (tertiary/aromatic N) is 1. The van der Waals surface area contributed by atoms with Crippen molar-refractivity contribution in [1.82, 2.24) is 10.3 Å². The predicted octanol–water partition coefficient (Wildman–Crippen LogP) is 0.348. The van der Waals surface area contributed by atoms with Gasteiger partial charge in [0, 0.05) is 6.54 Å². The lowest BCUT2D eigenvalue weighted by Gasteiger charge is -2.25. The van der Waals surface area contributed by atoms with E-state index >= 15 is 0 Å². The molecule has 0 aliphatic rings. The van der Waals surface area contributed by atoms with Crippen LogP contribution in [0.4, 0.5) is 0 Å². The van der Waals surface area contributed by atoms with Gasteiger partial charge in [-0.05, 0) is 18.5 Å². The fraction of sp³-hybridized carbons (Fsp3) is 0.467. The van der Waals surface area contributed by atoms with Crippen molar-refractivity contribution in [2.75, 3.05) is 19.6 Å². The molecule has 0 fully saturated rings. The van der Waals surface area contributed by atoms with Crippen molar-refractivity contribution in [1.29, 1.82) is 0 Å².